The van der Waals surface area contributed by atoms with Crippen molar-refractivity contribution < 1.29 is 4.74 Å². The fourth-order valence-electron chi connectivity index (χ4n) is 2.06. The van der Waals surface area contributed by atoms with E-state index < -0.39 is 0 Å². The Morgan fingerprint density at radius 3 is 2.79 bits per heavy atom. The lowest BCUT2D eigenvalue weighted by Crippen LogP contribution is -2.42. The Morgan fingerprint density at radius 2 is 2.21 bits per heavy atom. The standard InChI is InChI=1S/C11H16N2O/c12-8-11(4-1-7-14-9-11)10-2-5-13-6-3-10/h2-3,5-6H,1,4,7-9,12H2. The Bertz CT molecular complexity index is 281. The van der Waals surface area contributed by atoms with Crippen LogP contribution in [-0.4, -0.2) is 24.7 Å². The maximum absolute atomic E-state index is 5.87. The van der Waals surface area contributed by atoms with Crippen LogP contribution in [0.25, 0.3) is 0 Å². The van der Waals surface area contributed by atoms with Gasteiger partial charge in [0.25, 0.3) is 0 Å². The van der Waals surface area contributed by atoms with Crippen LogP contribution in [0, 0.1) is 0 Å². The maximum atomic E-state index is 5.87. The lowest BCUT2D eigenvalue weighted by molar-refractivity contribution is 0.0377. The topological polar surface area (TPSA) is 48.1 Å². The second kappa shape index (κ2) is 4.07. The molecule has 3 heteroatoms. The fourth-order valence-corrected chi connectivity index (χ4v) is 2.06. The summed E-state index contributed by atoms with van der Waals surface area (Å²) in [5, 5.41) is 0. The number of rotatable bonds is 2. The molecule has 0 bridgehead atoms. The monoisotopic (exact) mass is 192 g/mol. The van der Waals surface area contributed by atoms with Gasteiger partial charge < -0.3 is 10.5 Å². The molecule has 0 saturated carbocycles. The maximum Gasteiger partial charge on any atom is 0.0575 e. The Kier molecular flexibility index (Phi) is 2.79. The van der Waals surface area contributed by atoms with Crippen LogP contribution in [0.4, 0.5) is 0 Å². The third-order valence-electron chi connectivity index (χ3n) is 3.01. The highest BCUT2D eigenvalue weighted by molar-refractivity contribution is 5.24. The molecule has 0 spiro atoms. The summed E-state index contributed by atoms with van der Waals surface area (Å²) in [6, 6.07) is 4.09. The van der Waals surface area contributed by atoms with Gasteiger partial charge in [-0.25, -0.2) is 0 Å². The van der Waals surface area contributed by atoms with Gasteiger partial charge in [0.15, 0.2) is 0 Å². The molecular weight excluding hydrogens is 176 g/mol. The Labute approximate surface area is 84.3 Å². The highest BCUT2D eigenvalue weighted by atomic mass is 16.5. The summed E-state index contributed by atoms with van der Waals surface area (Å²) < 4.78 is 5.53. The molecule has 1 aliphatic heterocycles. The first kappa shape index (κ1) is 9.62. The van der Waals surface area contributed by atoms with Gasteiger partial charge in [-0.1, -0.05) is 0 Å². The number of aromatic nitrogens is 1. The van der Waals surface area contributed by atoms with Crippen molar-refractivity contribution in [3.05, 3.63) is 30.1 Å². The van der Waals surface area contributed by atoms with Crippen molar-refractivity contribution in [3.8, 4) is 0 Å². The van der Waals surface area contributed by atoms with Crippen LogP contribution in [0.15, 0.2) is 24.5 Å². The van der Waals surface area contributed by atoms with Gasteiger partial charge in [-0.05, 0) is 30.5 Å². The molecule has 0 aromatic carbocycles. The SMILES string of the molecule is NCC1(c2ccncc2)CCCOC1. The molecule has 0 amide bonds. The van der Waals surface area contributed by atoms with Crippen LogP contribution in [0.3, 0.4) is 0 Å². The van der Waals surface area contributed by atoms with Gasteiger partial charge in [-0.3, -0.25) is 4.98 Å². The van der Waals surface area contributed by atoms with Gasteiger partial charge in [0, 0.05) is 31.0 Å². The zero-order valence-electron chi connectivity index (χ0n) is 8.28. The highest BCUT2D eigenvalue weighted by Gasteiger charge is 2.33. The number of pyridine rings is 1. The smallest absolute Gasteiger partial charge is 0.0575 e. The van der Waals surface area contributed by atoms with Crippen molar-refractivity contribution >= 4 is 0 Å². The third kappa shape index (κ3) is 1.65. The second-order valence-electron chi connectivity index (χ2n) is 3.88. The summed E-state index contributed by atoms with van der Waals surface area (Å²) in [4.78, 5) is 4.02. The molecular formula is C11H16N2O. The highest BCUT2D eigenvalue weighted by Crippen LogP contribution is 2.31. The van der Waals surface area contributed by atoms with Crippen molar-refractivity contribution in [2.24, 2.45) is 5.73 Å². The molecule has 3 nitrogen and oxygen atoms in total. The van der Waals surface area contributed by atoms with Gasteiger partial charge in [0.2, 0.25) is 0 Å². The van der Waals surface area contributed by atoms with Crippen molar-refractivity contribution in [1.82, 2.24) is 4.98 Å². The van der Waals surface area contributed by atoms with E-state index in [-0.39, 0.29) is 5.41 Å². The van der Waals surface area contributed by atoms with E-state index in [0.717, 1.165) is 26.1 Å². The van der Waals surface area contributed by atoms with Gasteiger partial charge >= 0.3 is 0 Å². The molecule has 14 heavy (non-hydrogen) atoms. The van der Waals surface area contributed by atoms with Crippen molar-refractivity contribution in [1.29, 1.82) is 0 Å². The van der Waals surface area contributed by atoms with Crippen LogP contribution in [-0.2, 0) is 10.2 Å². The van der Waals surface area contributed by atoms with Crippen molar-refractivity contribution in [2.45, 2.75) is 18.3 Å². The zero-order valence-corrected chi connectivity index (χ0v) is 8.28. The number of hydrogen-bond acceptors (Lipinski definition) is 3. The normalized spacial score (nSPS) is 27.5. The summed E-state index contributed by atoms with van der Waals surface area (Å²) in [5.41, 5.74) is 7.16. The summed E-state index contributed by atoms with van der Waals surface area (Å²) in [6.45, 7) is 2.26. The van der Waals surface area contributed by atoms with E-state index in [1.807, 2.05) is 24.5 Å². The zero-order chi connectivity index (χ0) is 9.86. The molecule has 1 aromatic rings. The molecule has 0 radical (unpaired) electrons. The Morgan fingerprint density at radius 1 is 1.43 bits per heavy atom. The van der Waals surface area contributed by atoms with E-state index in [9.17, 15) is 0 Å². The third-order valence-corrected chi connectivity index (χ3v) is 3.01. The molecule has 1 aromatic heterocycles. The molecule has 1 fully saturated rings. The van der Waals surface area contributed by atoms with Gasteiger partial charge in [0.1, 0.15) is 0 Å². The first-order valence-corrected chi connectivity index (χ1v) is 5.06. The molecule has 2 N–H and O–H groups in total. The summed E-state index contributed by atoms with van der Waals surface area (Å²) >= 11 is 0. The predicted molar refractivity (Wildman–Crippen MR) is 55.0 cm³/mol. The van der Waals surface area contributed by atoms with Crippen LogP contribution in [0.2, 0.25) is 0 Å². The van der Waals surface area contributed by atoms with Crippen LogP contribution in [0.5, 0.6) is 0 Å². The van der Waals surface area contributed by atoms with E-state index in [2.05, 4.69) is 4.98 Å². The number of ether oxygens (including phenoxy) is 1. The lowest BCUT2D eigenvalue weighted by Gasteiger charge is -2.36. The number of nitrogens with zero attached hydrogens (tertiary/aromatic N) is 1. The van der Waals surface area contributed by atoms with Gasteiger partial charge in [-0.2, -0.15) is 0 Å². The first-order chi connectivity index (χ1) is 6.87. The summed E-state index contributed by atoms with van der Waals surface area (Å²) in [5.74, 6) is 0. The van der Waals surface area contributed by atoms with Crippen LogP contribution < -0.4 is 5.73 Å². The summed E-state index contributed by atoms with van der Waals surface area (Å²) in [6.07, 6.45) is 5.86. The van der Waals surface area contributed by atoms with E-state index >= 15 is 0 Å². The molecule has 2 heterocycles. The largest absolute Gasteiger partial charge is 0.380 e. The lowest BCUT2D eigenvalue weighted by atomic mass is 9.77. The minimum atomic E-state index is 0.0290. The fraction of sp³-hybridized carbons (Fsp3) is 0.545. The number of nitrogens with two attached hydrogens (primary N) is 1. The van der Waals surface area contributed by atoms with E-state index in [4.69, 9.17) is 10.5 Å². The number of hydrogen-bond donors (Lipinski definition) is 1. The average molecular weight is 192 g/mol. The quantitative estimate of drug-likeness (QED) is 0.763. The van der Waals surface area contributed by atoms with Crippen LogP contribution in [0.1, 0.15) is 18.4 Å². The molecule has 1 unspecified atom stereocenters. The first-order valence-electron chi connectivity index (χ1n) is 5.06. The Hall–Kier alpha value is -0.930. The molecule has 1 aliphatic rings. The van der Waals surface area contributed by atoms with Crippen molar-refractivity contribution in [2.75, 3.05) is 19.8 Å². The van der Waals surface area contributed by atoms with E-state index in [1.165, 1.54) is 5.56 Å². The minimum absolute atomic E-state index is 0.0290. The van der Waals surface area contributed by atoms with Crippen LogP contribution >= 0.6 is 0 Å². The van der Waals surface area contributed by atoms with E-state index in [0.29, 0.717) is 6.54 Å². The minimum Gasteiger partial charge on any atom is -0.380 e. The average Bonchev–Trinajstić information content (AvgIpc) is 2.31. The predicted octanol–water partition coefficient (Wildman–Crippen LogP) is 1.09. The molecule has 1 atom stereocenters. The molecule has 2 rings (SSSR count). The Balaban J connectivity index is 2.27. The van der Waals surface area contributed by atoms with E-state index in [1.54, 1.807) is 0 Å². The summed E-state index contributed by atoms with van der Waals surface area (Å²) in [7, 11) is 0. The van der Waals surface area contributed by atoms with Gasteiger partial charge in [-0.15, -0.1) is 0 Å². The molecule has 0 aliphatic carbocycles. The van der Waals surface area contributed by atoms with Gasteiger partial charge in [0.05, 0.1) is 6.61 Å². The molecule has 1 saturated heterocycles. The van der Waals surface area contributed by atoms with Crippen molar-refractivity contribution in [3.63, 3.8) is 0 Å². The second-order valence-corrected chi connectivity index (χ2v) is 3.88. The molecule has 76 valence electrons.